The summed E-state index contributed by atoms with van der Waals surface area (Å²) >= 11 is 0. The van der Waals surface area contributed by atoms with Crippen molar-refractivity contribution in [2.45, 2.75) is 0 Å². The average molecular weight is 366 g/mol. The van der Waals surface area contributed by atoms with Crippen LogP contribution in [0.25, 0.3) is 10.8 Å². The number of ether oxygens (including phenoxy) is 3. The van der Waals surface area contributed by atoms with Crippen LogP contribution in [0.5, 0.6) is 17.2 Å². The van der Waals surface area contributed by atoms with Gasteiger partial charge in [-0.1, -0.05) is 36.4 Å². The van der Waals surface area contributed by atoms with E-state index in [2.05, 4.69) is 10.6 Å². The summed E-state index contributed by atoms with van der Waals surface area (Å²) < 4.78 is 16.2. The number of hydrogen-bond acceptors (Lipinski definition) is 4. The molecule has 0 fully saturated rings. The van der Waals surface area contributed by atoms with Crippen molar-refractivity contribution in [1.29, 1.82) is 0 Å². The lowest BCUT2D eigenvalue weighted by Gasteiger charge is -2.12. The molecule has 3 rings (SSSR count). The van der Waals surface area contributed by atoms with E-state index in [1.54, 1.807) is 32.4 Å². The minimum Gasteiger partial charge on any atom is -0.493 e. The lowest BCUT2D eigenvalue weighted by molar-refractivity contribution is 0.247. The van der Waals surface area contributed by atoms with Gasteiger partial charge in [0.25, 0.3) is 0 Å². The van der Waals surface area contributed by atoms with E-state index in [-0.39, 0.29) is 6.03 Å². The zero-order valence-electron chi connectivity index (χ0n) is 15.3. The molecule has 0 saturated carbocycles. The Labute approximate surface area is 158 Å². The summed E-state index contributed by atoms with van der Waals surface area (Å²) in [6.45, 7) is 0.746. The Morgan fingerprint density at radius 1 is 0.889 bits per heavy atom. The topological polar surface area (TPSA) is 68.8 Å². The molecule has 2 amide bonds. The van der Waals surface area contributed by atoms with Crippen LogP contribution in [0, 0.1) is 0 Å². The highest BCUT2D eigenvalue weighted by atomic mass is 16.5. The van der Waals surface area contributed by atoms with Gasteiger partial charge in [-0.15, -0.1) is 0 Å². The number of fused-ring (bicyclic) bond motifs is 1. The van der Waals surface area contributed by atoms with Gasteiger partial charge in [0.1, 0.15) is 12.4 Å². The van der Waals surface area contributed by atoms with Gasteiger partial charge in [-0.2, -0.15) is 0 Å². The van der Waals surface area contributed by atoms with E-state index in [1.807, 2.05) is 42.5 Å². The molecule has 2 N–H and O–H groups in total. The highest BCUT2D eigenvalue weighted by Crippen LogP contribution is 2.29. The summed E-state index contributed by atoms with van der Waals surface area (Å²) in [5.41, 5.74) is 0.611. The van der Waals surface area contributed by atoms with Gasteiger partial charge < -0.3 is 24.8 Å². The second-order valence-electron chi connectivity index (χ2n) is 5.78. The first-order chi connectivity index (χ1) is 13.2. The van der Waals surface area contributed by atoms with Gasteiger partial charge in [0.05, 0.1) is 20.8 Å². The van der Waals surface area contributed by atoms with Crippen LogP contribution in [0.4, 0.5) is 10.5 Å². The molecule has 0 bridgehead atoms. The van der Waals surface area contributed by atoms with E-state index in [1.165, 1.54) is 0 Å². The Kier molecular flexibility index (Phi) is 5.99. The largest absolute Gasteiger partial charge is 0.493 e. The van der Waals surface area contributed by atoms with Crippen molar-refractivity contribution in [2.75, 3.05) is 32.7 Å². The molecule has 6 nitrogen and oxygen atoms in total. The number of benzene rings is 3. The maximum Gasteiger partial charge on any atom is 0.319 e. The van der Waals surface area contributed by atoms with Gasteiger partial charge in [0, 0.05) is 17.1 Å². The molecule has 0 aliphatic rings. The number of rotatable bonds is 7. The Morgan fingerprint density at radius 2 is 1.67 bits per heavy atom. The third-order valence-electron chi connectivity index (χ3n) is 4.04. The summed E-state index contributed by atoms with van der Waals surface area (Å²) in [6.07, 6.45) is 0. The molecule has 0 aromatic heterocycles. The van der Waals surface area contributed by atoms with Crippen LogP contribution in [0.15, 0.2) is 60.7 Å². The molecule has 0 atom stereocenters. The van der Waals surface area contributed by atoms with Crippen molar-refractivity contribution in [2.24, 2.45) is 0 Å². The van der Waals surface area contributed by atoms with E-state index < -0.39 is 0 Å². The minimum atomic E-state index is -0.316. The average Bonchev–Trinajstić information content (AvgIpc) is 2.71. The number of carbonyl (C=O) groups excluding carboxylic acids is 1. The second-order valence-corrected chi connectivity index (χ2v) is 5.78. The first-order valence-corrected chi connectivity index (χ1v) is 8.58. The Balaban J connectivity index is 1.50. The number of nitrogens with one attached hydrogen (secondary N) is 2. The summed E-state index contributed by atoms with van der Waals surface area (Å²) in [6, 6.07) is 18.8. The summed E-state index contributed by atoms with van der Waals surface area (Å²) in [7, 11) is 3.11. The fourth-order valence-corrected chi connectivity index (χ4v) is 2.74. The molecule has 0 saturated heterocycles. The molecule has 6 heteroatoms. The zero-order chi connectivity index (χ0) is 19.1. The van der Waals surface area contributed by atoms with Crippen LogP contribution in [0.3, 0.4) is 0 Å². The van der Waals surface area contributed by atoms with E-state index in [4.69, 9.17) is 14.2 Å². The number of anilines is 1. The summed E-state index contributed by atoms with van der Waals surface area (Å²) in [5.74, 6) is 1.96. The van der Waals surface area contributed by atoms with Gasteiger partial charge in [-0.3, -0.25) is 0 Å². The van der Waals surface area contributed by atoms with Crippen LogP contribution < -0.4 is 24.8 Å². The van der Waals surface area contributed by atoms with Crippen LogP contribution in [0.2, 0.25) is 0 Å². The Bertz CT molecular complexity index is 922. The quantitative estimate of drug-likeness (QED) is 0.619. The van der Waals surface area contributed by atoms with Gasteiger partial charge in [0.15, 0.2) is 11.5 Å². The van der Waals surface area contributed by atoms with Crippen molar-refractivity contribution in [3.05, 3.63) is 60.7 Å². The first-order valence-electron chi connectivity index (χ1n) is 8.58. The first kappa shape index (κ1) is 18.4. The van der Waals surface area contributed by atoms with Crippen molar-refractivity contribution < 1.29 is 19.0 Å². The van der Waals surface area contributed by atoms with Gasteiger partial charge in [-0.25, -0.2) is 4.79 Å². The fraction of sp³-hybridized carbons (Fsp3) is 0.190. The smallest absolute Gasteiger partial charge is 0.319 e. The molecule has 0 aliphatic carbocycles. The maximum atomic E-state index is 12.0. The third-order valence-corrected chi connectivity index (χ3v) is 4.04. The molecule has 0 unspecified atom stereocenters. The second kappa shape index (κ2) is 8.80. The lowest BCUT2D eigenvalue weighted by Crippen LogP contribution is -2.32. The van der Waals surface area contributed by atoms with Gasteiger partial charge >= 0.3 is 6.03 Å². The summed E-state index contributed by atoms with van der Waals surface area (Å²) in [5, 5.41) is 7.69. The monoisotopic (exact) mass is 366 g/mol. The zero-order valence-corrected chi connectivity index (χ0v) is 15.3. The molecule has 3 aromatic rings. The number of hydrogen-bond donors (Lipinski definition) is 2. The molecular formula is C21H22N2O4. The van der Waals surface area contributed by atoms with Crippen molar-refractivity contribution >= 4 is 22.5 Å². The molecule has 0 radical (unpaired) electrons. The Morgan fingerprint density at radius 3 is 2.48 bits per heavy atom. The fourth-order valence-electron chi connectivity index (χ4n) is 2.74. The highest BCUT2D eigenvalue weighted by molar-refractivity contribution is 5.90. The van der Waals surface area contributed by atoms with Crippen molar-refractivity contribution in [3.63, 3.8) is 0 Å². The van der Waals surface area contributed by atoms with E-state index in [0.717, 1.165) is 16.5 Å². The number of amides is 2. The number of methoxy groups -OCH3 is 2. The predicted molar refractivity (Wildman–Crippen MR) is 106 cm³/mol. The SMILES string of the molecule is COc1ccc(NC(=O)NCCOc2cccc3ccccc23)cc1OC. The van der Waals surface area contributed by atoms with Crippen LogP contribution in [0.1, 0.15) is 0 Å². The standard InChI is InChI=1S/C21H22N2O4/c1-25-19-11-10-16(14-20(19)26-2)23-21(24)22-12-13-27-18-9-5-7-15-6-3-4-8-17(15)18/h3-11,14H,12-13H2,1-2H3,(H2,22,23,24). The van der Waals surface area contributed by atoms with Crippen molar-refractivity contribution in [1.82, 2.24) is 5.32 Å². The van der Waals surface area contributed by atoms with E-state index in [9.17, 15) is 4.79 Å². The van der Waals surface area contributed by atoms with Crippen LogP contribution >= 0.6 is 0 Å². The molecule has 3 aromatic carbocycles. The summed E-state index contributed by atoms with van der Waals surface area (Å²) in [4.78, 5) is 12.0. The van der Waals surface area contributed by atoms with Crippen LogP contribution in [-0.2, 0) is 0 Å². The highest BCUT2D eigenvalue weighted by Gasteiger charge is 2.07. The number of carbonyl (C=O) groups is 1. The Hall–Kier alpha value is -3.41. The predicted octanol–water partition coefficient (Wildman–Crippen LogP) is 4.06. The number of urea groups is 1. The molecular weight excluding hydrogens is 344 g/mol. The molecule has 0 heterocycles. The third kappa shape index (κ3) is 4.61. The lowest BCUT2D eigenvalue weighted by atomic mass is 10.1. The van der Waals surface area contributed by atoms with Gasteiger partial charge in [0.2, 0.25) is 0 Å². The molecule has 140 valence electrons. The normalized spacial score (nSPS) is 10.3. The van der Waals surface area contributed by atoms with Gasteiger partial charge in [-0.05, 0) is 23.6 Å². The van der Waals surface area contributed by atoms with Crippen molar-refractivity contribution in [3.8, 4) is 17.2 Å². The minimum absolute atomic E-state index is 0.316. The molecule has 27 heavy (non-hydrogen) atoms. The van der Waals surface area contributed by atoms with Crippen LogP contribution in [-0.4, -0.2) is 33.4 Å². The van der Waals surface area contributed by atoms with E-state index >= 15 is 0 Å². The molecule has 0 spiro atoms. The maximum absolute atomic E-state index is 12.0. The van der Waals surface area contributed by atoms with E-state index in [0.29, 0.717) is 30.3 Å². The molecule has 0 aliphatic heterocycles.